The van der Waals surface area contributed by atoms with Gasteiger partial charge in [0.15, 0.2) is 0 Å². The molecule has 1 atom stereocenters. The number of hydrogen-bond donors (Lipinski definition) is 0. The second-order valence-corrected chi connectivity index (χ2v) is 5.85. The predicted molar refractivity (Wildman–Crippen MR) is 78.0 cm³/mol. The van der Waals surface area contributed by atoms with Crippen LogP contribution in [-0.4, -0.2) is 36.0 Å². The first-order chi connectivity index (χ1) is 8.29. The van der Waals surface area contributed by atoms with Crippen LogP contribution in [0.1, 0.15) is 12.8 Å². The van der Waals surface area contributed by atoms with Crippen LogP contribution in [0.25, 0.3) is 0 Å². The minimum atomic E-state index is 0.698. The summed E-state index contributed by atoms with van der Waals surface area (Å²) in [5.74, 6) is 0.947. The standard InChI is InChI=1S/C13H17Br2NO/c14-10-12-2-1-7-16(12)8-9-17-13-5-3-11(15)4-6-13/h3-6,12H,1-2,7-10H2. The number of hydrogen-bond acceptors (Lipinski definition) is 2. The average Bonchev–Trinajstić information content (AvgIpc) is 2.79. The molecule has 0 bridgehead atoms. The molecule has 4 heteroatoms. The highest BCUT2D eigenvalue weighted by Gasteiger charge is 2.22. The van der Waals surface area contributed by atoms with Crippen molar-refractivity contribution >= 4 is 31.9 Å². The molecule has 0 N–H and O–H groups in total. The lowest BCUT2D eigenvalue weighted by Crippen LogP contribution is -2.34. The SMILES string of the molecule is BrCC1CCCN1CCOc1ccc(Br)cc1. The Kier molecular flexibility index (Phi) is 5.32. The first-order valence-electron chi connectivity index (χ1n) is 5.98. The zero-order chi connectivity index (χ0) is 12.1. The van der Waals surface area contributed by atoms with Gasteiger partial charge < -0.3 is 4.74 Å². The van der Waals surface area contributed by atoms with E-state index in [9.17, 15) is 0 Å². The highest BCUT2D eigenvalue weighted by atomic mass is 79.9. The van der Waals surface area contributed by atoms with E-state index in [4.69, 9.17) is 4.74 Å². The van der Waals surface area contributed by atoms with Gasteiger partial charge in [-0.15, -0.1) is 0 Å². The number of alkyl halides is 1. The normalized spacial score (nSPS) is 20.7. The van der Waals surface area contributed by atoms with E-state index in [0.29, 0.717) is 6.04 Å². The highest BCUT2D eigenvalue weighted by molar-refractivity contribution is 9.10. The third kappa shape index (κ3) is 3.97. The van der Waals surface area contributed by atoms with Gasteiger partial charge in [-0.05, 0) is 43.7 Å². The summed E-state index contributed by atoms with van der Waals surface area (Å²) in [5.41, 5.74) is 0. The van der Waals surface area contributed by atoms with Crippen molar-refractivity contribution in [2.24, 2.45) is 0 Å². The quantitative estimate of drug-likeness (QED) is 0.740. The third-order valence-electron chi connectivity index (χ3n) is 3.14. The van der Waals surface area contributed by atoms with E-state index >= 15 is 0 Å². The summed E-state index contributed by atoms with van der Waals surface area (Å²) in [6.45, 7) is 3.00. The number of benzene rings is 1. The second kappa shape index (κ2) is 6.76. The van der Waals surface area contributed by atoms with Crippen molar-refractivity contribution in [1.82, 2.24) is 4.90 Å². The molecule has 1 heterocycles. The summed E-state index contributed by atoms with van der Waals surface area (Å²) in [4.78, 5) is 2.51. The van der Waals surface area contributed by atoms with Gasteiger partial charge in [0.1, 0.15) is 12.4 Å². The van der Waals surface area contributed by atoms with Gasteiger partial charge in [-0.2, -0.15) is 0 Å². The first-order valence-corrected chi connectivity index (χ1v) is 7.89. The van der Waals surface area contributed by atoms with Gasteiger partial charge in [-0.1, -0.05) is 31.9 Å². The number of likely N-dealkylation sites (tertiary alicyclic amines) is 1. The molecule has 2 nitrogen and oxygen atoms in total. The van der Waals surface area contributed by atoms with Gasteiger partial charge in [0, 0.05) is 22.4 Å². The third-order valence-corrected chi connectivity index (χ3v) is 4.41. The summed E-state index contributed by atoms with van der Waals surface area (Å²) >= 11 is 6.99. The predicted octanol–water partition coefficient (Wildman–Crippen LogP) is 3.69. The fraction of sp³-hybridized carbons (Fsp3) is 0.538. The number of halogens is 2. The number of nitrogens with zero attached hydrogens (tertiary/aromatic N) is 1. The zero-order valence-electron chi connectivity index (χ0n) is 9.74. The molecule has 17 heavy (non-hydrogen) atoms. The van der Waals surface area contributed by atoms with Gasteiger partial charge in [0.2, 0.25) is 0 Å². The van der Waals surface area contributed by atoms with Gasteiger partial charge in [-0.3, -0.25) is 4.90 Å². The Labute approximate surface area is 120 Å². The summed E-state index contributed by atoms with van der Waals surface area (Å²) in [7, 11) is 0. The Balaban J connectivity index is 1.74. The van der Waals surface area contributed by atoms with Crippen LogP contribution < -0.4 is 4.74 Å². The fourth-order valence-corrected chi connectivity index (χ4v) is 3.17. The molecule has 0 radical (unpaired) electrons. The molecular weight excluding hydrogens is 346 g/mol. The Morgan fingerprint density at radius 1 is 1.29 bits per heavy atom. The van der Waals surface area contributed by atoms with Crippen LogP contribution in [0.3, 0.4) is 0 Å². The van der Waals surface area contributed by atoms with Crippen molar-refractivity contribution in [2.75, 3.05) is 25.0 Å². The van der Waals surface area contributed by atoms with E-state index in [2.05, 4.69) is 36.8 Å². The maximum atomic E-state index is 5.74. The summed E-state index contributed by atoms with van der Waals surface area (Å²) < 4.78 is 6.82. The molecule has 1 unspecified atom stereocenters. The maximum Gasteiger partial charge on any atom is 0.119 e. The van der Waals surface area contributed by atoms with Crippen LogP contribution in [0, 0.1) is 0 Å². The highest BCUT2D eigenvalue weighted by Crippen LogP contribution is 2.19. The molecule has 0 aliphatic carbocycles. The Hall–Kier alpha value is -0.0600. The van der Waals surface area contributed by atoms with Gasteiger partial charge in [-0.25, -0.2) is 0 Å². The van der Waals surface area contributed by atoms with E-state index < -0.39 is 0 Å². The molecule has 1 aliphatic rings. The molecule has 94 valence electrons. The van der Waals surface area contributed by atoms with Crippen molar-refractivity contribution < 1.29 is 4.74 Å². The topological polar surface area (TPSA) is 12.5 Å². The number of rotatable bonds is 5. The molecule has 1 saturated heterocycles. The van der Waals surface area contributed by atoms with Crippen molar-refractivity contribution in [3.05, 3.63) is 28.7 Å². The molecule has 0 amide bonds. The van der Waals surface area contributed by atoms with Crippen LogP contribution in [-0.2, 0) is 0 Å². The van der Waals surface area contributed by atoms with Crippen molar-refractivity contribution in [2.45, 2.75) is 18.9 Å². The van der Waals surface area contributed by atoms with E-state index in [1.807, 2.05) is 24.3 Å². The summed E-state index contributed by atoms with van der Waals surface area (Å²) in [5, 5.41) is 1.07. The van der Waals surface area contributed by atoms with Crippen LogP contribution in [0.2, 0.25) is 0 Å². The van der Waals surface area contributed by atoms with Gasteiger partial charge in [0.25, 0.3) is 0 Å². The monoisotopic (exact) mass is 361 g/mol. The summed E-state index contributed by atoms with van der Waals surface area (Å²) in [6.07, 6.45) is 2.62. The Morgan fingerprint density at radius 2 is 2.06 bits per heavy atom. The Bertz CT molecular complexity index is 342. The van der Waals surface area contributed by atoms with Gasteiger partial charge >= 0.3 is 0 Å². The zero-order valence-corrected chi connectivity index (χ0v) is 12.9. The molecule has 1 aromatic carbocycles. The van der Waals surface area contributed by atoms with E-state index in [-0.39, 0.29) is 0 Å². The maximum absolute atomic E-state index is 5.74. The molecule has 1 aliphatic heterocycles. The van der Waals surface area contributed by atoms with Crippen molar-refractivity contribution in [1.29, 1.82) is 0 Å². The average molecular weight is 363 g/mol. The molecular formula is C13H17Br2NO. The van der Waals surface area contributed by atoms with Crippen molar-refractivity contribution in [3.63, 3.8) is 0 Å². The van der Waals surface area contributed by atoms with Crippen LogP contribution in [0.4, 0.5) is 0 Å². The minimum absolute atomic E-state index is 0.698. The lowest BCUT2D eigenvalue weighted by molar-refractivity contribution is 0.207. The smallest absolute Gasteiger partial charge is 0.119 e. The molecule has 0 aromatic heterocycles. The second-order valence-electron chi connectivity index (χ2n) is 4.29. The Morgan fingerprint density at radius 3 is 2.76 bits per heavy atom. The molecule has 0 saturated carbocycles. The van der Waals surface area contributed by atoms with Crippen molar-refractivity contribution in [3.8, 4) is 5.75 Å². The summed E-state index contributed by atoms with van der Waals surface area (Å²) in [6, 6.07) is 8.70. The fourth-order valence-electron chi connectivity index (χ4n) is 2.18. The largest absolute Gasteiger partial charge is 0.492 e. The van der Waals surface area contributed by atoms with Crippen LogP contribution >= 0.6 is 31.9 Å². The molecule has 1 aromatic rings. The van der Waals surface area contributed by atoms with E-state index in [0.717, 1.165) is 28.7 Å². The molecule has 0 spiro atoms. The lowest BCUT2D eigenvalue weighted by Gasteiger charge is -2.22. The van der Waals surface area contributed by atoms with Crippen LogP contribution in [0.15, 0.2) is 28.7 Å². The van der Waals surface area contributed by atoms with E-state index in [1.165, 1.54) is 19.4 Å². The van der Waals surface area contributed by atoms with Gasteiger partial charge in [0.05, 0.1) is 0 Å². The van der Waals surface area contributed by atoms with Crippen LogP contribution in [0.5, 0.6) is 5.75 Å². The number of ether oxygens (including phenoxy) is 1. The molecule has 2 rings (SSSR count). The van der Waals surface area contributed by atoms with E-state index in [1.54, 1.807) is 0 Å². The lowest BCUT2D eigenvalue weighted by atomic mass is 10.2. The first kappa shape index (κ1) is 13.4. The molecule has 1 fully saturated rings. The minimum Gasteiger partial charge on any atom is -0.492 e.